The topological polar surface area (TPSA) is 244 Å². The smallest absolute Gasteiger partial charge is 0.254 e. The maximum atomic E-state index is 14.8. The molecule has 0 aliphatic carbocycles. The zero-order chi connectivity index (χ0) is 57.3. The molecule has 5 aliphatic heterocycles. The summed E-state index contributed by atoms with van der Waals surface area (Å²) in [7, 11) is 3.36. The minimum absolute atomic E-state index is 0.0736. The number of nitriles is 1. The molecule has 19 nitrogen and oxygen atoms in total. The van der Waals surface area contributed by atoms with Crippen molar-refractivity contribution >= 4 is 63.6 Å². The summed E-state index contributed by atoms with van der Waals surface area (Å²) in [6.07, 6.45) is 11.4. The lowest BCUT2D eigenvalue weighted by atomic mass is 9.87. The molecule has 4 aromatic rings. The molecule has 5 aliphatic rings. The van der Waals surface area contributed by atoms with Crippen LogP contribution in [-0.4, -0.2) is 147 Å². The van der Waals surface area contributed by atoms with Gasteiger partial charge in [0.15, 0.2) is 11.5 Å². The Bertz CT molecular complexity index is 3070. The fourth-order valence-corrected chi connectivity index (χ4v) is 13.2. The Balaban J connectivity index is 0.711. The number of rotatable bonds is 20. The normalized spacial score (nSPS) is 19.8. The van der Waals surface area contributed by atoms with E-state index in [1.54, 1.807) is 41.7 Å². The van der Waals surface area contributed by atoms with Crippen LogP contribution in [-0.2, 0) is 32.3 Å². The average Bonchev–Trinajstić information content (AvgIpc) is 4.43. The summed E-state index contributed by atoms with van der Waals surface area (Å²) in [4.78, 5) is 98.2. The number of Topliss-reactive ketones (excluding diaryl/α,β-unsaturated/α-hetero) is 1. The van der Waals surface area contributed by atoms with Crippen molar-refractivity contribution in [1.29, 1.82) is 5.26 Å². The number of piperidine rings is 1. The molecular weight excluding hydrogens is 1060 g/mol. The van der Waals surface area contributed by atoms with E-state index in [0.29, 0.717) is 116 Å². The number of thioether (sulfide) groups is 1. The number of aromatic nitrogens is 3. The molecule has 3 fully saturated rings. The van der Waals surface area contributed by atoms with E-state index in [1.165, 1.54) is 54.2 Å². The number of likely N-dealkylation sites (tertiary alicyclic amines) is 2. The second kappa shape index (κ2) is 26.6. The lowest BCUT2D eigenvalue weighted by molar-refractivity contribution is -0.139. The summed E-state index contributed by atoms with van der Waals surface area (Å²) < 4.78 is 30.0. The Morgan fingerprint density at radius 1 is 0.889 bits per heavy atom. The highest BCUT2D eigenvalue weighted by molar-refractivity contribution is 8.14. The van der Waals surface area contributed by atoms with Gasteiger partial charge in [-0.15, -0.1) is 11.8 Å². The summed E-state index contributed by atoms with van der Waals surface area (Å²) in [5.74, 6) is -1.31. The third kappa shape index (κ3) is 13.4. The maximum Gasteiger partial charge on any atom is 0.254 e. The van der Waals surface area contributed by atoms with Crippen LogP contribution in [0.5, 0.6) is 0 Å². The highest BCUT2D eigenvalue weighted by Crippen LogP contribution is 2.43. The largest absolute Gasteiger partial charge is 0.382 e. The zero-order valence-electron chi connectivity index (χ0n) is 46.4. The molecule has 0 radical (unpaired) electrons. The summed E-state index contributed by atoms with van der Waals surface area (Å²) in [6, 6.07) is 11.2. The number of carbonyl (C=O) groups excluding carboxylic acids is 6. The quantitative estimate of drug-likeness (QED) is 0.0542. The predicted octanol–water partition coefficient (Wildman–Crippen LogP) is 6.56. The first-order valence-corrected chi connectivity index (χ1v) is 29.5. The first kappa shape index (κ1) is 58.4. The Labute approximate surface area is 475 Å². The number of ketones is 1. The van der Waals surface area contributed by atoms with E-state index in [9.17, 15) is 42.8 Å². The van der Waals surface area contributed by atoms with Crippen LogP contribution in [0.1, 0.15) is 141 Å². The number of hydrogen-bond acceptors (Lipinski definition) is 14. The van der Waals surface area contributed by atoms with Crippen LogP contribution < -0.4 is 26.6 Å². The molecular formula is C59H73F2N13O6S. The molecule has 5 amide bonds. The Morgan fingerprint density at radius 2 is 1.59 bits per heavy atom. The van der Waals surface area contributed by atoms with E-state index in [1.807, 2.05) is 11.0 Å². The highest BCUT2D eigenvalue weighted by Gasteiger charge is 2.43. The predicted molar refractivity (Wildman–Crippen MR) is 305 cm³/mol. The number of aliphatic imine (C=N–C) groups is 1. The molecule has 9 rings (SSSR count). The molecule has 0 spiro atoms. The van der Waals surface area contributed by atoms with E-state index in [4.69, 9.17) is 10.7 Å². The SMILES string of the molecule is CN[C@H](C)C(=O)N[C@@H](C(=O)N1CCC[C@@H]1C1=NC(C(=O)c2ccc(F)cc2)CS1)C1CCN(C(=O)CCCCCCCCC(=O)NCCn2nc(C#N)c3c2CN(C)C(=O)c2ccc(F)cc2[C@H]2CCCN2c2cc-3cnc2N)CC1. The van der Waals surface area contributed by atoms with E-state index in [-0.39, 0.29) is 84.5 Å². The number of nitrogens with zero attached hydrogens (tertiary/aromatic N) is 9. The number of carbonyl (C=O) groups is 6. The van der Waals surface area contributed by atoms with Crippen LogP contribution in [0.15, 0.2) is 59.7 Å². The van der Waals surface area contributed by atoms with E-state index in [0.717, 1.165) is 50.0 Å². The molecule has 7 heterocycles. The summed E-state index contributed by atoms with van der Waals surface area (Å²) in [5.41, 5.74) is 10.3. The molecule has 22 heteroatoms. The molecule has 2 aromatic carbocycles. The summed E-state index contributed by atoms with van der Waals surface area (Å²) in [6.45, 7) is 4.37. The van der Waals surface area contributed by atoms with Crippen molar-refractivity contribution in [3.8, 4) is 17.2 Å². The number of hydrogen-bond donors (Lipinski definition) is 4. The Kier molecular flexibility index (Phi) is 19.2. The fraction of sp³-hybridized carbons (Fsp3) is 0.525. The molecule has 81 heavy (non-hydrogen) atoms. The van der Waals surface area contributed by atoms with Crippen LogP contribution in [0.25, 0.3) is 11.1 Å². The fourth-order valence-electron chi connectivity index (χ4n) is 12.0. The standard InChI is InChI=1S/C59H73F2N13O6S/c1-36(64-2)56(78)68-53(59(80)73-26-11-13-47(73)57-67-45(35-81-57)54(77)38-16-18-40(60)19-17-38)37-22-27-71(28-23-37)51(76)15-9-7-5-4-6-8-14-50(75)65-24-29-74-49-34-70(3)58(79)42-21-20-41(61)31-43(42)46-12-10-25-72(46)48-30-39(33-66-55(48)63)52(49)44(32-62)69-74/h16-21,30-31,33,36-37,45-47,53,64H,4-15,22-29,34-35H2,1-3H3,(H2,63,66)(H,65,75)(H,68,78)/t36-,45?,46-,47-,53-/m1/s1. The van der Waals surface area contributed by atoms with Gasteiger partial charge in [-0.3, -0.25) is 38.4 Å². The van der Waals surface area contributed by atoms with Gasteiger partial charge >= 0.3 is 0 Å². The van der Waals surface area contributed by atoms with E-state index < -0.39 is 29.8 Å². The number of benzene rings is 2. The number of nitrogens with one attached hydrogen (secondary N) is 3. The molecule has 2 aromatic heterocycles. The molecule has 3 saturated heterocycles. The zero-order valence-corrected chi connectivity index (χ0v) is 47.2. The second-order valence-electron chi connectivity index (χ2n) is 21.9. The van der Waals surface area contributed by atoms with Gasteiger partial charge in [-0.2, -0.15) is 10.4 Å². The van der Waals surface area contributed by atoms with Gasteiger partial charge in [0.25, 0.3) is 5.91 Å². The average molecular weight is 1130 g/mol. The first-order valence-electron chi connectivity index (χ1n) is 28.5. The number of unbranched alkanes of at least 4 members (excludes halogenated alkanes) is 5. The number of nitrogens with two attached hydrogens (primary N) is 1. The number of anilines is 2. The molecule has 5 N–H and O–H groups in total. The van der Waals surface area contributed by atoms with Gasteiger partial charge in [-0.1, -0.05) is 25.7 Å². The van der Waals surface area contributed by atoms with Crippen molar-refractivity contribution in [1.82, 2.24) is 45.4 Å². The molecule has 1 unspecified atom stereocenters. The lowest BCUT2D eigenvalue weighted by Gasteiger charge is -2.38. The van der Waals surface area contributed by atoms with Crippen LogP contribution in [0.2, 0.25) is 0 Å². The van der Waals surface area contributed by atoms with Gasteiger partial charge in [-0.05, 0) is 125 Å². The van der Waals surface area contributed by atoms with Crippen molar-refractivity contribution in [3.63, 3.8) is 0 Å². The minimum Gasteiger partial charge on any atom is -0.382 e. The Morgan fingerprint density at radius 3 is 2.33 bits per heavy atom. The van der Waals surface area contributed by atoms with Gasteiger partial charge in [0.1, 0.15) is 35.6 Å². The van der Waals surface area contributed by atoms with E-state index in [2.05, 4.69) is 37.0 Å². The monoisotopic (exact) mass is 1130 g/mol. The lowest BCUT2D eigenvalue weighted by Crippen LogP contribution is -2.58. The maximum absolute atomic E-state index is 14.8. The van der Waals surface area contributed by atoms with Gasteiger partial charge in [0.05, 0.1) is 47.6 Å². The number of amides is 5. The van der Waals surface area contributed by atoms with Crippen LogP contribution >= 0.6 is 11.8 Å². The number of fused-ring (bicyclic) bond motifs is 8. The van der Waals surface area contributed by atoms with E-state index >= 15 is 0 Å². The van der Waals surface area contributed by atoms with Gasteiger partial charge < -0.3 is 41.3 Å². The second-order valence-corrected chi connectivity index (χ2v) is 23.0. The number of likely N-dealkylation sites (N-methyl/N-ethyl adjacent to an activating group) is 1. The molecule has 2 bridgehead atoms. The third-order valence-corrected chi connectivity index (χ3v) is 17.8. The summed E-state index contributed by atoms with van der Waals surface area (Å²) >= 11 is 1.47. The first-order chi connectivity index (χ1) is 39.1. The highest BCUT2D eigenvalue weighted by atomic mass is 32.2. The molecule has 430 valence electrons. The molecule has 5 atom stereocenters. The minimum atomic E-state index is -0.786. The molecule has 0 saturated carbocycles. The van der Waals surface area contributed by atoms with Gasteiger partial charge in [0, 0.05) is 86.8 Å². The number of nitrogen functional groups attached to an aromatic ring is 1. The summed E-state index contributed by atoms with van der Waals surface area (Å²) in [5, 5.41) is 24.7. The third-order valence-electron chi connectivity index (χ3n) is 16.6. The number of pyridine rings is 1. The van der Waals surface area contributed by atoms with Crippen LogP contribution in [0.4, 0.5) is 20.3 Å². The van der Waals surface area contributed by atoms with Gasteiger partial charge in [-0.25, -0.2) is 13.8 Å². The Hall–Kier alpha value is -7.25. The van der Waals surface area contributed by atoms with Crippen molar-refractivity contribution in [2.45, 2.75) is 140 Å². The van der Waals surface area contributed by atoms with Crippen molar-refractivity contribution in [2.24, 2.45) is 10.9 Å². The van der Waals surface area contributed by atoms with Crippen molar-refractivity contribution < 1.29 is 37.5 Å². The van der Waals surface area contributed by atoms with Gasteiger partial charge in [0.2, 0.25) is 23.6 Å². The number of halogens is 2. The van der Waals surface area contributed by atoms with Crippen LogP contribution in [0, 0.1) is 28.9 Å². The van der Waals surface area contributed by atoms with Crippen molar-refractivity contribution in [2.75, 3.05) is 63.2 Å². The van der Waals surface area contributed by atoms with Crippen LogP contribution in [0.3, 0.4) is 0 Å². The van der Waals surface area contributed by atoms with Crippen molar-refractivity contribution in [3.05, 3.63) is 94.4 Å².